The Balaban J connectivity index is 1.91. The van der Waals surface area contributed by atoms with E-state index in [0.29, 0.717) is 0 Å². The fourth-order valence-electron chi connectivity index (χ4n) is 2.53. The highest BCUT2D eigenvalue weighted by atomic mass is 15.1. The number of allylic oxidation sites excluding steroid dienone is 4. The molecule has 0 atom stereocenters. The van der Waals surface area contributed by atoms with Crippen molar-refractivity contribution in [3.8, 4) is 0 Å². The third kappa shape index (κ3) is 3.12. The molecule has 0 radical (unpaired) electrons. The van der Waals surface area contributed by atoms with Crippen molar-refractivity contribution in [1.29, 1.82) is 0 Å². The summed E-state index contributed by atoms with van der Waals surface area (Å²) in [6, 6.07) is 0. The number of fused-ring (bicyclic) bond motifs is 1. The smallest absolute Gasteiger partial charge is 0.0425 e. The van der Waals surface area contributed by atoms with Crippen molar-refractivity contribution in [3.05, 3.63) is 47.7 Å². The summed E-state index contributed by atoms with van der Waals surface area (Å²) in [5, 5.41) is 0. The normalized spacial score (nSPS) is 19.2. The molecule has 1 aliphatic heterocycles. The number of hydrogen-bond acceptors (Lipinski definition) is 1. The van der Waals surface area contributed by atoms with Gasteiger partial charge in [-0.15, -0.1) is 6.58 Å². The summed E-state index contributed by atoms with van der Waals surface area (Å²) in [5.74, 6) is 0. The lowest BCUT2D eigenvalue weighted by atomic mass is 9.91. The van der Waals surface area contributed by atoms with Gasteiger partial charge in [0.25, 0.3) is 0 Å². The van der Waals surface area contributed by atoms with E-state index in [9.17, 15) is 0 Å². The summed E-state index contributed by atoms with van der Waals surface area (Å²) >= 11 is 0. The van der Waals surface area contributed by atoms with Gasteiger partial charge in [-0.25, -0.2) is 0 Å². The van der Waals surface area contributed by atoms with E-state index in [1.165, 1.54) is 30.5 Å². The van der Waals surface area contributed by atoms with Gasteiger partial charge >= 0.3 is 0 Å². The molecule has 1 heteroatoms. The van der Waals surface area contributed by atoms with Gasteiger partial charge in [-0.05, 0) is 50.2 Å². The van der Waals surface area contributed by atoms with Crippen LogP contribution in [0.25, 0.3) is 0 Å². The van der Waals surface area contributed by atoms with E-state index in [-0.39, 0.29) is 0 Å². The van der Waals surface area contributed by atoms with Crippen LogP contribution >= 0.6 is 0 Å². The summed E-state index contributed by atoms with van der Waals surface area (Å²) in [5.41, 5.74) is 5.65. The molecule has 1 aliphatic carbocycles. The van der Waals surface area contributed by atoms with Gasteiger partial charge in [0, 0.05) is 18.8 Å². The van der Waals surface area contributed by atoms with Crippen molar-refractivity contribution in [3.63, 3.8) is 0 Å². The van der Waals surface area contributed by atoms with Gasteiger partial charge in [-0.1, -0.05) is 24.3 Å². The van der Waals surface area contributed by atoms with Crippen molar-refractivity contribution >= 4 is 0 Å². The average Bonchev–Trinajstić information content (AvgIpc) is 2.35. The van der Waals surface area contributed by atoms with Crippen molar-refractivity contribution in [2.45, 2.75) is 39.0 Å². The molecule has 2 aliphatic rings. The van der Waals surface area contributed by atoms with Gasteiger partial charge in [0.15, 0.2) is 0 Å². The van der Waals surface area contributed by atoms with Crippen molar-refractivity contribution in [1.82, 2.24) is 4.90 Å². The zero-order valence-corrected chi connectivity index (χ0v) is 11.0. The van der Waals surface area contributed by atoms with Gasteiger partial charge in [0.2, 0.25) is 0 Å². The predicted octanol–water partition coefficient (Wildman–Crippen LogP) is 4.21. The minimum atomic E-state index is 1.06. The summed E-state index contributed by atoms with van der Waals surface area (Å²) < 4.78 is 0. The van der Waals surface area contributed by atoms with Crippen LogP contribution in [0.4, 0.5) is 0 Å². The number of likely N-dealkylation sites (tertiary alicyclic amines) is 1. The fourth-order valence-corrected chi connectivity index (χ4v) is 2.53. The van der Waals surface area contributed by atoms with Crippen LogP contribution in [0.1, 0.15) is 39.0 Å². The lowest BCUT2D eigenvalue weighted by molar-refractivity contribution is 0.344. The molecule has 0 saturated carbocycles. The van der Waals surface area contributed by atoms with E-state index < -0.39 is 0 Å². The molecule has 1 heterocycles. The third-order valence-corrected chi connectivity index (χ3v) is 3.66. The van der Waals surface area contributed by atoms with Crippen LogP contribution in [0.3, 0.4) is 0 Å². The Morgan fingerprint density at radius 3 is 2.59 bits per heavy atom. The molecule has 17 heavy (non-hydrogen) atoms. The van der Waals surface area contributed by atoms with Gasteiger partial charge in [-0.2, -0.15) is 0 Å². The molecule has 2 rings (SSSR count). The van der Waals surface area contributed by atoms with Gasteiger partial charge in [-0.3, -0.25) is 0 Å². The summed E-state index contributed by atoms with van der Waals surface area (Å²) in [7, 11) is 0. The van der Waals surface area contributed by atoms with E-state index in [1.54, 1.807) is 11.1 Å². The first kappa shape index (κ1) is 12.2. The maximum absolute atomic E-state index is 4.23. The van der Waals surface area contributed by atoms with E-state index in [4.69, 9.17) is 0 Å². The first-order valence-corrected chi connectivity index (χ1v) is 6.62. The second-order valence-electron chi connectivity index (χ2n) is 5.23. The molecule has 1 fully saturated rings. The largest absolute Gasteiger partial charge is 0.371 e. The molecule has 1 saturated heterocycles. The number of rotatable bonds is 4. The molecular weight excluding hydrogens is 206 g/mol. The first-order chi connectivity index (χ1) is 8.16. The highest BCUT2D eigenvalue weighted by molar-refractivity contribution is 5.37. The fraction of sp³-hybridized carbons (Fsp3) is 0.500. The maximum atomic E-state index is 4.23. The summed E-state index contributed by atoms with van der Waals surface area (Å²) in [6.07, 6.45) is 10.6. The minimum absolute atomic E-state index is 1.06. The average molecular weight is 229 g/mol. The Kier molecular flexibility index (Phi) is 3.88. The monoisotopic (exact) mass is 229 g/mol. The Labute approximate surface area is 105 Å². The highest BCUT2D eigenvalue weighted by Crippen LogP contribution is 2.29. The van der Waals surface area contributed by atoms with Crippen molar-refractivity contribution in [2.75, 3.05) is 13.1 Å². The van der Waals surface area contributed by atoms with Gasteiger partial charge in [0.1, 0.15) is 0 Å². The Bertz CT molecular complexity index is 384. The maximum Gasteiger partial charge on any atom is 0.0425 e. The Morgan fingerprint density at radius 1 is 1.18 bits per heavy atom. The van der Waals surface area contributed by atoms with Crippen LogP contribution in [0.2, 0.25) is 0 Å². The van der Waals surface area contributed by atoms with E-state index in [1.807, 2.05) is 0 Å². The molecule has 0 aromatic heterocycles. The minimum Gasteiger partial charge on any atom is -0.371 e. The quantitative estimate of drug-likeness (QED) is 0.653. The number of piperidine rings is 1. The van der Waals surface area contributed by atoms with Crippen LogP contribution < -0.4 is 0 Å². The first-order valence-electron chi connectivity index (χ1n) is 6.62. The van der Waals surface area contributed by atoms with Crippen LogP contribution in [-0.4, -0.2) is 18.0 Å². The lowest BCUT2D eigenvalue weighted by Crippen LogP contribution is -2.32. The van der Waals surface area contributed by atoms with E-state index in [0.717, 1.165) is 25.9 Å². The highest BCUT2D eigenvalue weighted by Gasteiger charge is 2.20. The zero-order valence-electron chi connectivity index (χ0n) is 11.0. The van der Waals surface area contributed by atoms with Crippen LogP contribution in [0.5, 0.6) is 0 Å². The van der Waals surface area contributed by atoms with Gasteiger partial charge in [0.05, 0.1) is 0 Å². The predicted molar refractivity (Wildman–Crippen MR) is 74.8 cm³/mol. The molecule has 0 N–H and O–H groups in total. The standard InChI is InChI=1S/C16H23N/c1-13(2)8-9-14(3)17-11-10-15-6-4-5-7-16(15)12-17/h6-7H,1,3-5,8-12H2,2H3. The number of nitrogens with zero attached hydrogens (tertiary/aromatic N) is 1. The molecule has 0 amide bonds. The van der Waals surface area contributed by atoms with Crippen LogP contribution in [0, 0.1) is 0 Å². The van der Waals surface area contributed by atoms with Gasteiger partial charge < -0.3 is 4.90 Å². The molecule has 0 aromatic rings. The molecular formula is C16H23N. The Hall–Kier alpha value is -1.24. The molecule has 0 bridgehead atoms. The SMILES string of the molecule is C=C(C)CCC(=C)N1CCC2=CCCC=C2C1. The molecule has 0 unspecified atom stereocenters. The second kappa shape index (κ2) is 5.39. The lowest BCUT2D eigenvalue weighted by Gasteiger charge is -2.35. The van der Waals surface area contributed by atoms with Crippen molar-refractivity contribution < 1.29 is 0 Å². The third-order valence-electron chi connectivity index (χ3n) is 3.66. The van der Waals surface area contributed by atoms with Crippen molar-refractivity contribution in [2.24, 2.45) is 0 Å². The topological polar surface area (TPSA) is 3.24 Å². The van der Waals surface area contributed by atoms with E-state index >= 15 is 0 Å². The molecule has 1 nitrogen and oxygen atoms in total. The number of hydrogen-bond donors (Lipinski definition) is 0. The molecule has 0 spiro atoms. The van der Waals surface area contributed by atoms with E-state index in [2.05, 4.69) is 37.1 Å². The molecule has 0 aromatic carbocycles. The van der Waals surface area contributed by atoms with Crippen LogP contribution in [0.15, 0.2) is 47.7 Å². The summed E-state index contributed by atoms with van der Waals surface area (Å²) in [4.78, 5) is 2.44. The summed E-state index contributed by atoms with van der Waals surface area (Å²) in [6.45, 7) is 12.5. The second-order valence-corrected chi connectivity index (χ2v) is 5.23. The Morgan fingerprint density at radius 2 is 1.88 bits per heavy atom. The van der Waals surface area contributed by atoms with Crippen LogP contribution in [-0.2, 0) is 0 Å². The zero-order chi connectivity index (χ0) is 12.3. The molecule has 92 valence electrons.